The van der Waals surface area contributed by atoms with Crippen molar-refractivity contribution in [2.24, 2.45) is 0 Å². The molecule has 1 nitrogen and oxygen atoms in total. The Balaban J connectivity index is 1.82. The number of hydrogen-bond donors (Lipinski definition) is 1. The maximum Gasteiger partial charge on any atom is 0.137 e. The molecule has 1 unspecified atom stereocenters. The summed E-state index contributed by atoms with van der Waals surface area (Å²) in [6.07, 6.45) is 2.87. The van der Waals surface area contributed by atoms with Crippen molar-refractivity contribution in [2.75, 3.05) is 0 Å². The van der Waals surface area contributed by atoms with Crippen LogP contribution in [0.4, 0.5) is 4.39 Å². The second-order valence-corrected chi connectivity index (χ2v) is 6.45. The van der Waals surface area contributed by atoms with Crippen LogP contribution in [0.5, 0.6) is 0 Å². The van der Waals surface area contributed by atoms with Gasteiger partial charge in [-0.3, -0.25) is 0 Å². The minimum atomic E-state index is -0.731. The molecule has 0 spiro atoms. The summed E-state index contributed by atoms with van der Waals surface area (Å²) < 4.78 is 13.7. The van der Waals surface area contributed by atoms with Gasteiger partial charge >= 0.3 is 0 Å². The van der Waals surface area contributed by atoms with E-state index in [-0.39, 0.29) is 5.82 Å². The van der Waals surface area contributed by atoms with Gasteiger partial charge in [0.05, 0.1) is 10.1 Å². The fourth-order valence-corrected chi connectivity index (χ4v) is 3.39. The molecule has 0 saturated heterocycles. The van der Waals surface area contributed by atoms with Crippen molar-refractivity contribution in [3.05, 3.63) is 69.4 Å². The van der Waals surface area contributed by atoms with Crippen LogP contribution in [0.25, 0.3) is 0 Å². The zero-order valence-corrected chi connectivity index (χ0v) is 12.7. The normalized spacial score (nSPS) is 21.6. The fraction of sp³-hybridized carbons (Fsp3) is 0.294. The van der Waals surface area contributed by atoms with Crippen molar-refractivity contribution in [3.63, 3.8) is 0 Å². The van der Waals surface area contributed by atoms with E-state index in [1.807, 2.05) is 12.1 Å². The molecule has 0 radical (unpaired) electrons. The van der Waals surface area contributed by atoms with Crippen molar-refractivity contribution < 1.29 is 9.50 Å². The maximum absolute atomic E-state index is 13.3. The van der Waals surface area contributed by atoms with Crippen molar-refractivity contribution in [1.29, 1.82) is 0 Å². The predicted molar refractivity (Wildman–Crippen MR) is 81.2 cm³/mol. The summed E-state index contributed by atoms with van der Waals surface area (Å²) in [6.45, 7) is 0. The number of hydrogen-bond acceptors (Lipinski definition) is 1. The van der Waals surface area contributed by atoms with E-state index in [2.05, 4.69) is 28.1 Å². The zero-order valence-electron chi connectivity index (χ0n) is 11.1. The second kappa shape index (κ2) is 5.30. The first-order chi connectivity index (χ1) is 9.56. The predicted octanol–water partition coefficient (Wildman–Crippen LogP) is 4.05. The molecule has 2 aromatic rings. The lowest BCUT2D eigenvalue weighted by atomic mass is 9.77. The monoisotopic (exact) mass is 334 g/mol. The summed E-state index contributed by atoms with van der Waals surface area (Å²) in [5.74, 6) is -0.269. The van der Waals surface area contributed by atoms with Crippen LogP contribution in [0.2, 0.25) is 0 Å². The standard InChI is InChI=1S/C17H16BrFO/c18-15-9-12(5-6-16(15)19)10-17(20)8-7-13-3-1-2-4-14(13)11-17/h1-6,9,20H,7-8,10-11H2. The summed E-state index contributed by atoms with van der Waals surface area (Å²) in [6, 6.07) is 13.2. The molecule has 1 N–H and O–H groups in total. The Bertz CT molecular complexity index is 641. The number of halogens is 2. The topological polar surface area (TPSA) is 20.2 Å². The SMILES string of the molecule is OC1(Cc2ccc(F)c(Br)c2)CCc2ccccc2C1. The molecule has 0 aliphatic heterocycles. The molecule has 2 aromatic carbocycles. The van der Waals surface area contributed by atoms with Gasteiger partial charge in [-0.15, -0.1) is 0 Å². The van der Waals surface area contributed by atoms with Gasteiger partial charge in [0.25, 0.3) is 0 Å². The number of aryl methyl sites for hydroxylation is 1. The molecule has 0 heterocycles. The Morgan fingerprint density at radius 2 is 1.90 bits per heavy atom. The third-order valence-corrected chi connectivity index (χ3v) is 4.62. The van der Waals surface area contributed by atoms with Crippen LogP contribution in [0, 0.1) is 5.82 Å². The van der Waals surface area contributed by atoms with E-state index in [0.29, 0.717) is 17.3 Å². The van der Waals surface area contributed by atoms with E-state index in [0.717, 1.165) is 18.4 Å². The number of fused-ring (bicyclic) bond motifs is 1. The van der Waals surface area contributed by atoms with Crippen LogP contribution in [0.3, 0.4) is 0 Å². The highest BCUT2D eigenvalue weighted by atomic mass is 79.9. The Labute approximate surface area is 126 Å². The quantitative estimate of drug-likeness (QED) is 0.878. The molecule has 0 saturated carbocycles. The molecule has 0 fully saturated rings. The van der Waals surface area contributed by atoms with E-state index in [1.54, 1.807) is 12.1 Å². The molecule has 104 valence electrons. The molecule has 0 amide bonds. The van der Waals surface area contributed by atoms with E-state index >= 15 is 0 Å². The van der Waals surface area contributed by atoms with Gasteiger partial charge in [-0.25, -0.2) is 4.39 Å². The molecule has 1 aliphatic rings. The van der Waals surface area contributed by atoms with Gasteiger partial charge in [-0.1, -0.05) is 30.3 Å². The summed E-state index contributed by atoms with van der Waals surface area (Å²) in [7, 11) is 0. The van der Waals surface area contributed by atoms with Crippen LogP contribution in [0.1, 0.15) is 23.1 Å². The van der Waals surface area contributed by atoms with Crippen LogP contribution in [-0.4, -0.2) is 10.7 Å². The lowest BCUT2D eigenvalue weighted by molar-refractivity contribution is 0.0267. The van der Waals surface area contributed by atoms with Gasteiger partial charge in [0.1, 0.15) is 5.82 Å². The number of benzene rings is 2. The van der Waals surface area contributed by atoms with E-state index < -0.39 is 5.60 Å². The van der Waals surface area contributed by atoms with Gasteiger partial charge in [-0.05, 0) is 57.6 Å². The minimum absolute atomic E-state index is 0.269. The Kier molecular flexibility index (Phi) is 3.65. The van der Waals surface area contributed by atoms with Crippen LogP contribution < -0.4 is 0 Å². The van der Waals surface area contributed by atoms with Crippen molar-refractivity contribution in [1.82, 2.24) is 0 Å². The van der Waals surface area contributed by atoms with Crippen LogP contribution in [-0.2, 0) is 19.3 Å². The largest absolute Gasteiger partial charge is 0.389 e. The Morgan fingerprint density at radius 3 is 2.65 bits per heavy atom. The molecule has 3 heteroatoms. The third-order valence-electron chi connectivity index (χ3n) is 4.01. The summed E-state index contributed by atoms with van der Waals surface area (Å²) in [5.41, 5.74) is 2.78. The number of rotatable bonds is 2. The van der Waals surface area contributed by atoms with Gasteiger partial charge in [0.2, 0.25) is 0 Å². The first-order valence-electron chi connectivity index (χ1n) is 6.79. The molecule has 3 rings (SSSR count). The van der Waals surface area contributed by atoms with Crippen molar-refractivity contribution in [2.45, 2.75) is 31.3 Å². The molecular formula is C17H16BrFO. The smallest absolute Gasteiger partial charge is 0.137 e. The van der Waals surface area contributed by atoms with E-state index in [9.17, 15) is 9.50 Å². The van der Waals surface area contributed by atoms with Gasteiger partial charge in [-0.2, -0.15) is 0 Å². The van der Waals surface area contributed by atoms with Crippen LogP contribution >= 0.6 is 15.9 Å². The van der Waals surface area contributed by atoms with Gasteiger partial charge in [0.15, 0.2) is 0 Å². The number of aliphatic hydroxyl groups is 1. The molecule has 0 bridgehead atoms. The molecule has 20 heavy (non-hydrogen) atoms. The maximum atomic E-state index is 13.3. The molecule has 0 aromatic heterocycles. The van der Waals surface area contributed by atoms with E-state index in [1.165, 1.54) is 17.2 Å². The summed E-state index contributed by atoms with van der Waals surface area (Å²) in [4.78, 5) is 0. The lowest BCUT2D eigenvalue weighted by Gasteiger charge is -2.33. The van der Waals surface area contributed by atoms with Crippen molar-refractivity contribution >= 4 is 15.9 Å². The van der Waals surface area contributed by atoms with E-state index in [4.69, 9.17) is 0 Å². The fourth-order valence-electron chi connectivity index (χ4n) is 2.96. The van der Waals surface area contributed by atoms with Gasteiger partial charge in [0, 0.05) is 12.8 Å². The lowest BCUT2D eigenvalue weighted by Crippen LogP contribution is -2.38. The van der Waals surface area contributed by atoms with Crippen molar-refractivity contribution in [3.8, 4) is 0 Å². The summed E-state index contributed by atoms with van der Waals surface area (Å²) >= 11 is 3.20. The first-order valence-corrected chi connectivity index (χ1v) is 7.58. The molecular weight excluding hydrogens is 319 g/mol. The zero-order chi connectivity index (χ0) is 14.2. The summed E-state index contributed by atoms with van der Waals surface area (Å²) in [5, 5.41) is 10.8. The Hall–Kier alpha value is -1.19. The second-order valence-electron chi connectivity index (χ2n) is 5.60. The van der Waals surface area contributed by atoms with Gasteiger partial charge < -0.3 is 5.11 Å². The highest BCUT2D eigenvalue weighted by Crippen LogP contribution is 2.32. The Morgan fingerprint density at radius 1 is 1.15 bits per heavy atom. The average molecular weight is 335 g/mol. The highest BCUT2D eigenvalue weighted by molar-refractivity contribution is 9.10. The van der Waals surface area contributed by atoms with Crippen LogP contribution in [0.15, 0.2) is 46.9 Å². The molecule has 1 atom stereocenters. The average Bonchev–Trinajstić information content (AvgIpc) is 2.42. The molecule has 1 aliphatic carbocycles. The first kappa shape index (κ1) is 13.8. The third kappa shape index (κ3) is 2.79. The minimum Gasteiger partial charge on any atom is -0.389 e. The highest BCUT2D eigenvalue weighted by Gasteiger charge is 2.32.